The molecule has 0 spiro atoms. The zero-order chi connectivity index (χ0) is 18.3. The fourth-order valence-corrected chi connectivity index (χ4v) is 2.58. The lowest BCUT2D eigenvalue weighted by atomic mass is 9.87. The minimum Gasteiger partial charge on any atom is -0.481 e. The van der Waals surface area contributed by atoms with Gasteiger partial charge in [-0.15, -0.1) is 0 Å². The topological polar surface area (TPSA) is 38.3 Å². The summed E-state index contributed by atoms with van der Waals surface area (Å²) in [7, 11) is 0. The van der Waals surface area contributed by atoms with Crippen molar-refractivity contribution in [3.05, 3.63) is 65.7 Å². The van der Waals surface area contributed by atoms with Gasteiger partial charge in [0.25, 0.3) is 5.91 Å². The summed E-state index contributed by atoms with van der Waals surface area (Å²) in [6, 6.07) is 18.3. The Labute approximate surface area is 151 Å². The van der Waals surface area contributed by atoms with Crippen molar-refractivity contribution >= 4 is 5.91 Å². The predicted octanol–water partition coefficient (Wildman–Crippen LogP) is 4.50. The van der Waals surface area contributed by atoms with Crippen LogP contribution in [0.3, 0.4) is 0 Å². The fourth-order valence-electron chi connectivity index (χ4n) is 2.58. The van der Waals surface area contributed by atoms with Crippen molar-refractivity contribution in [1.82, 2.24) is 5.32 Å². The second-order valence-electron chi connectivity index (χ2n) is 7.41. The van der Waals surface area contributed by atoms with E-state index in [0.29, 0.717) is 6.54 Å². The standard InChI is InChI=1S/C22H29NO2/c1-17(25-20-14-12-19(13-15-20)22(2,3)4)21(24)23-16-8-11-18-9-6-5-7-10-18/h5-7,9-10,12-15,17H,8,11,16H2,1-4H3,(H,23,24)/t17-/m0/s1. The molecule has 2 aromatic carbocycles. The van der Waals surface area contributed by atoms with Crippen LogP contribution in [0, 0.1) is 0 Å². The first-order valence-corrected chi connectivity index (χ1v) is 8.95. The maximum atomic E-state index is 12.1. The van der Waals surface area contributed by atoms with Crippen molar-refractivity contribution in [3.8, 4) is 5.75 Å². The average molecular weight is 339 g/mol. The Bertz CT molecular complexity index is 657. The number of ether oxygens (including phenoxy) is 1. The summed E-state index contributed by atoms with van der Waals surface area (Å²) < 4.78 is 5.75. The van der Waals surface area contributed by atoms with Crippen LogP contribution in [0.1, 0.15) is 45.2 Å². The largest absolute Gasteiger partial charge is 0.481 e. The van der Waals surface area contributed by atoms with E-state index in [1.807, 2.05) is 30.3 Å². The molecule has 0 aliphatic carbocycles. The summed E-state index contributed by atoms with van der Waals surface area (Å²) in [6.45, 7) is 8.96. The van der Waals surface area contributed by atoms with E-state index in [4.69, 9.17) is 4.74 Å². The first-order chi connectivity index (χ1) is 11.9. The molecule has 3 nitrogen and oxygen atoms in total. The number of hydrogen-bond donors (Lipinski definition) is 1. The molecule has 2 rings (SSSR count). The zero-order valence-corrected chi connectivity index (χ0v) is 15.7. The van der Waals surface area contributed by atoms with Gasteiger partial charge in [0.05, 0.1) is 0 Å². The molecular weight excluding hydrogens is 310 g/mol. The van der Waals surface area contributed by atoms with Crippen LogP contribution in [0.5, 0.6) is 5.75 Å². The molecule has 1 N–H and O–H groups in total. The van der Waals surface area contributed by atoms with Gasteiger partial charge < -0.3 is 10.1 Å². The van der Waals surface area contributed by atoms with Gasteiger partial charge in [0.1, 0.15) is 5.75 Å². The third kappa shape index (κ3) is 6.26. The van der Waals surface area contributed by atoms with E-state index in [2.05, 4.69) is 50.4 Å². The van der Waals surface area contributed by atoms with Gasteiger partial charge in [-0.25, -0.2) is 0 Å². The minimum atomic E-state index is -0.503. The third-order valence-corrected chi connectivity index (χ3v) is 4.19. The first-order valence-electron chi connectivity index (χ1n) is 8.95. The average Bonchev–Trinajstić information content (AvgIpc) is 2.59. The summed E-state index contributed by atoms with van der Waals surface area (Å²) in [5, 5.41) is 2.94. The Balaban J connectivity index is 1.74. The van der Waals surface area contributed by atoms with E-state index >= 15 is 0 Å². The summed E-state index contributed by atoms with van der Waals surface area (Å²) in [5.41, 5.74) is 2.65. The molecule has 3 heteroatoms. The number of hydrogen-bond acceptors (Lipinski definition) is 2. The molecular formula is C22H29NO2. The molecule has 1 amide bonds. The molecule has 0 heterocycles. The van der Waals surface area contributed by atoms with E-state index in [1.54, 1.807) is 6.92 Å². The summed E-state index contributed by atoms with van der Waals surface area (Å²) in [5.74, 6) is 0.646. The van der Waals surface area contributed by atoms with Gasteiger partial charge in [-0.05, 0) is 48.4 Å². The normalized spacial score (nSPS) is 12.5. The molecule has 1 atom stereocenters. The number of aryl methyl sites for hydroxylation is 1. The van der Waals surface area contributed by atoms with Crippen molar-refractivity contribution in [1.29, 1.82) is 0 Å². The highest BCUT2D eigenvalue weighted by atomic mass is 16.5. The number of nitrogens with one attached hydrogen (secondary N) is 1. The zero-order valence-electron chi connectivity index (χ0n) is 15.7. The van der Waals surface area contributed by atoms with Crippen molar-refractivity contribution in [2.75, 3.05) is 6.54 Å². The molecule has 0 aromatic heterocycles. The Morgan fingerprint density at radius 2 is 1.68 bits per heavy atom. The maximum Gasteiger partial charge on any atom is 0.260 e. The highest BCUT2D eigenvalue weighted by Crippen LogP contribution is 2.24. The quantitative estimate of drug-likeness (QED) is 0.754. The van der Waals surface area contributed by atoms with Crippen molar-refractivity contribution < 1.29 is 9.53 Å². The second kappa shape index (κ2) is 8.70. The summed E-state index contributed by atoms with van der Waals surface area (Å²) >= 11 is 0. The summed E-state index contributed by atoms with van der Waals surface area (Å²) in [4.78, 5) is 12.1. The number of rotatable bonds is 7. The van der Waals surface area contributed by atoms with Gasteiger partial charge in [-0.1, -0.05) is 63.2 Å². The molecule has 0 saturated carbocycles. The molecule has 134 valence electrons. The van der Waals surface area contributed by atoms with Crippen LogP contribution in [-0.4, -0.2) is 18.6 Å². The van der Waals surface area contributed by atoms with Crippen molar-refractivity contribution in [2.45, 2.75) is 52.1 Å². The van der Waals surface area contributed by atoms with Gasteiger partial charge >= 0.3 is 0 Å². The van der Waals surface area contributed by atoms with Crippen molar-refractivity contribution in [2.24, 2.45) is 0 Å². The lowest BCUT2D eigenvalue weighted by molar-refractivity contribution is -0.127. The lowest BCUT2D eigenvalue weighted by Crippen LogP contribution is -2.36. The number of carbonyl (C=O) groups is 1. The molecule has 0 radical (unpaired) electrons. The number of benzene rings is 2. The Hall–Kier alpha value is -2.29. The van der Waals surface area contributed by atoms with Crippen LogP contribution < -0.4 is 10.1 Å². The predicted molar refractivity (Wildman–Crippen MR) is 103 cm³/mol. The van der Waals surface area contributed by atoms with Gasteiger partial charge in [0.15, 0.2) is 6.10 Å². The molecule has 0 unspecified atom stereocenters. The third-order valence-electron chi connectivity index (χ3n) is 4.19. The Morgan fingerprint density at radius 1 is 1.04 bits per heavy atom. The van der Waals surface area contributed by atoms with Crippen LogP contribution in [0.4, 0.5) is 0 Å². The van der Waals surface area contributed by atoms with E-state index in [-0.39, 0.29) is 11.3 Å². The lowest BCUT2D eigenvalue weighted by Gasteiger charge is -2.20. The second-order valence-corrected chi connectivity index (χ2v) is 7.41. The van der Waals surface area contributed by atoms with Gasteiger partial charge in [0, 0.05) is 6.54 Å². The first kappa shape index (κ1) is 19.0. The van der Waals surface area contributed by atoms with E-state index in [9.17, 15) is 4.79 Å². The van der Waals surface area contributed by atoms with Crippen LogP contribution in [0.2, 0.25) is 0 Å². The van der Waals surface area contributed by atoms with E-state index in [1.165, 1.54) is 11.1 Å². The SMILES string of the molecule is C[C@H](Oc1ccc(C(C)(C)C)cc1)C(=O)NCCCc1ccccc1. The number of carbonyl (C=O) groups excluding carboxylic acids is 1. The molecule has 0 aliphatic heterocycles. The fraction of sp³-hybridized carbons (Fsp3) is 0.409. The molecule has 0 saturated heterocycles. The molecule has 25 heavy (non-hydrogen) atoms. The minimum absolute atomic E-state index is 0.0760. The van der Waals surface area contributed by atoms with E-state index in [0.717, 1.165) is 18.6 Å². The van der Waals surface area contributed by atoms with Crippen LogP contribution in [0.25, 0.3) is 0 Å². The highest BCUT2D eigenvalue weighted by molar-refractivity contribution is 5.80. The molecule has 0 bridgehead atoms. The van der Waals surface area contributed by atoms with Crippen LogP contribution in [-0.2, 0) is 16.6 Å². The molecule has 0 aliphatic rings. The summed E-state index contributed by atoms with van der Waals surface area (Å²) in [6.07, 6.45) is 1.38. The van der Waals surface area contributed by atoms with Crippen LogP contribution >= 0.6 is 0 Å². The van der Waals surface area contributed by atoms with Gasteiger partial charge in [-0.3, -0.25) is 4.79 Å². The van der Waals surface area contributed by atoms with Gasteiger partial charge in [-0.2, -0.15) is 0 Å². The monoisotopic (exact) mass is 339 g/mol. The van der Waals surface area contributed by atoms with Crippen molar-refractivity contribution in [3.63, 3.8) is 0 Å². The molecule has 2 aromatic rings. The van der Waals surface area contributed by atoms with Gasteiger partial charge in [0.2, 0.25) is 0 Å². The van der Waals surface area contributed by atoms with E-state index < -0.39 is 6.10 Å². The highest BCUT2D eigenvalue weighted by Gasteiger charge is 2.16. The smallest absolute Gasteiger partial charge is 0.260 e. The van der Waals surface area contributed by atoms with Crippen LogP contribution in [0.15, 0.2) is 54.6 Å². The molecule has 0 fully saturated rings. The number of amides is 1. The maximum absolute atomic E-state index is 12.1. The Kier molecular flexibility index (Phi) is 6.63. The Morgan fingerprint density at radius 3 is 2.28 bits per heavy atom.